The molecule has 3 amide bonds. The Morgan fingerprint density at radius 1 is 1.07 bits per heavy atom. The number of nitrogens with one attached hydrogen (secondary N) is 3. The molecule has 0 bridgehead atoms. The summed E-state index contributed by atoms with van der Waals surface area (Å²) in [4.78, 5) is 35.6. The number of hydrogen-bond donors (Lipinski definition) is 3. The van der Waals surface area contributed by atoms with Crippen LogP contribution in [0, 0.1) is 0 Å². The zero-order valence-corrected chi connectivity index (χ0v) is 16.1. The highest BCUT2D eigenvalue weighted by Gasteiger charge is 2.20. The van der Waals surface area contributed by atoms with E-state index in [4.69, 9.17) is 11.6 Å². The Labute approximate surface area is 163 Å². The highest BCUT2D eigenvalue weighted by molar-refractivity contribution is 6.35. The highest BCUT2D eigenvalue weighted by atomic mass is 35.5. The van der Waals surface area contributed by atoms with Gasteiger partial charge in [0.1, 0.15) is 0 Å². The predicted octanol–water partition coefficient (Wildman–Crippen LogP) is 2.29. The summed E-state index contributed by atoms with van der Waals surface area (Å²) >= 11 is 5.81. The number of nitrogens with zero attached hydrogens (tertiary/aromatic N) is 1. The van der Waals surface area contributed by atoms with Crippen LogP contribution in [0.15, 0.2) is 29.4 Å². The Balaban J connectivity index is 1.70. The lowest BCUT2D eigenvalue weighted by molar-refractivity contribution is -0.139. The quantitative estimate of drug-likeness (QED) is 0.393. The molecule has 27 heavy (non-hydrogen) atoms. The van der Waals surface area contributed by atoms with E-state index in [9.17, 15) is 14.4 Å². The van der Waals surface area contributed by atoms with Gasteiger partial charge in [-0.25, -0.2) is 5.43 Å². The third kappa shape index (κ3) is 7.78. The van der Waals surface area contributed by atoms with E-state index in [0.717, 1.165) is 31.2 Å². The van der Waals surface area contributed by atoms with Crippen LogP contribution in [-0.4, -0.2) is 29.5 Å². The molecule has 0 spiro atoms. The molecule has 1 aromatic rings. The molecule has 1 aliphatic rings. The molecule has 1 aliphatic carbocycles. The molecule has 0 heterocycles. The van der Waals surface area contributed by atoms with Gasteiger partial charge in [-0.1, -0.05) is 43.0 Å². The van der Waals surface area contributed by atoms with Crippen LogP contribution in [0.3, 0.4) is 0 Å². The second-order valence-electron chi connectivity index (χ2n) is 6.68. The molecule has 0 aromatic heterocycles. The molecule has 0 radical (unpaired) electrons. The van der Waals surface area contributed by atoms with Gasteiger partial charge in [-0.05, 0) is 37.5 Å². The maximum atomic E-state index is 11.9. The van der Waals surface area contributed by atoms with E-state index in [1.54, 1.807) is 19.1 Å². The Hall–Kier alpha value is -2.41. The van der Waals surface area contributed by atoms with E-state index in [1.807, 2.05) is 12.1 Å². The molecule has 7 nitrogen and oxygen atoms in total. The summed E-state index contributed by atoms with van der Waals surface area (Å²) in [6.07, 6.45) is 5.12. The normalized spacial score (nSPS) is 15.1. The number of carbonyl (C=O) groups excluding carboxylic acids is 3. The summed E-state index contributed by atoms with van der Waals surface area (Å²) in [6.45, 7) is 1.99. The summed E-state index contributed by atoms with van der Waals surface area (Å²) in [5, 5.41) is 9.93. The molecule has 2 rings (SSSR count). The van der Waals surface area contributed by atoms with Crippen LogP contribution in [0.1, 0.15) is 51.0 Å². The van der Waals surface area contributed by atoms with Gasteiger partial charge in [0.2, 0.25) is 5.91 Å². The SMILES string of the molecule is C/C(CC(=O)NCc1ccc(Cl)cc1)=N/NC(=O)C(=O)NC1CCCCC1. The van der Waals surface area contributed by atoms with E-state index >= 15 is 0 Å². The third-order valence-electron chi connectivity index (χ3n) is 4.31. The maximum absolute atomic E-state index is 11.9. The van der Waals surface area contributed by atoms with Crippen molar-refractivity contribution in [3.63, 3.8) is 0 Å². The molecule has 1 fully saturated rings. The average Bonchev–Trinajstić information content (AvgIpc) is 2.66. The average molecular weight is 393 g/mol. The van der Waals surface area contributed by atoms with Crippen LogP contribution >= 0.6 is 11.6 Å². The fourth-order valence-corrected chi connectivity index (χ4v) is 2.96. The molecule has 1 saturated carbocycles. The smallest absolute Gasteiger partial charge is 0.329 e. The van der Waals surface area contributed by atoms with Crippen molar-refractivity contribution in [3.05, 3.63) is 34.9 Å². The monoisotopic (exact) mass is 392 g/mol. The van der Waals surface area contributed by atoms with Gasteiger partial charge >= 0.3 is 11.8 Å². The van der Waals surface area contributed by atoms with Crippen molar-refractivity contribution in [2.24, 2.45) is 5.10 Å². The van der Waals surface area contributed by atoms with Crippen LogP contribution in [0.2, 0.25) is 5.02 Å². The Kier molecular flexibility index (Phi) is 8.26. The van der Waals surface area contributed by atoms with Crippen LogP contribution in [-0.2, 0) is 20.9 Å². The minimum atomic E-state index is -0.818. The van der Waals surface area contributed by atoms with Crippen molar-refractivity contribution in [1.29, 1.82) is 0 Å². The van der Waals surface area contributed by atoms with Gasteiger partial charge in [-0.2, -0.15) is 5.10 Å². The lowest BCUT2D eigenvalue weighted by atomic mass is 9.95. The van der Waals surface area contributed by atoms with Gasteiger partial charge in [0, 0.05) is 23.3 Å². The highest BCUT2D eigenvalue weighted by Crippen LogP contribution is 2.17. The molecular formula is C19H25ClN4O3. The fourth-order valence-electron chi connectivity index (χ4n) is 2.83. The molecule has 1 aromatic carbocycles. The van der Waals surface area contributed by atoms with Crippen molar-refractivity contribution in [2.45, 2.75) is 58.0 Å². The number of rotatable bonds is 6. The lowest BCUT2D eigenvalue weighted by Crippen LogP contribution is -2.44. The maximum Gasteiger partial charge on any atom is 0.329 e. The zero-order chi connectivity index (χ0) is 19.6. The summed E-state index contributed by atoms with van der Waals surface area (Å²) in [5.41, 5.74) is 3.53. The number of halogens is 1. The fraction of sp³-hybridized carbons (Fsp3) is 0.474. The first-order valence-electron chi connectivity index (χ1n) is 9.09. The molecular weight excluding hydrogens is 368 g/mol. The first kappa shape index (κ1) is 20.9. The molecule has 146 valence electrons. The first-order valence-corrected chi connectivity index (χ1v) is 9.47. The topological polar surface area (TPSA) is 99.7 Å². The molecule has 0 unspecified atom stereocenters. The van der Waals surface area contributed by atoms with Gasteiger partial charge in [0.25, 0.3) is 0 Å². The number of hydrogen-bond acceptors (Lipinski definition) is 4. The van der Waals surface area contributed by atoms with E-state index in [2.05, 4.69) is 21.2 Å². The van der Waals surface area contributed by atoms with E-state index in [1.165, 1.54) is 6.42 Å². The zero-order valence-electron chi connectivity index (χ0n) is 15.4. The van der Waals surface area contributed by atoms with Crippen LogP contribution in [0.5, 0.6) is 0 Å². The Bertz CT molecular complexity index is 697. The van der Waals surface area contributed by atoms with E-state index < -0.39 is 11.8 Å². The van der Waals surface area contributed by atoms with Crippen molar-refractivity contribution in [2.75, 3.05) is 0 Å². The van der Waals surface area contributed by atoms with Crippen LogP contribution in [0.4, 0.5) is 0 Å². The van der Waals surface area contributed by atoms with Crippen LogP contribution < -0.4 is 16.1 Å². The third-order valence-corrected chi connectivity index (χ3v) is 4.57. The Morgan fingerprint density at radius 2 is 1.74 bits per heavy atom. The number of amides is 3. The summed E-state index contributed by atoms with van der Waals surface area (Å²) in [7, 11) is 0. The second-order valence-corrected chi connectivity index (χ2v) is 7.11. The second kappa shape index (κ2) is 10.7. The predicted molar refractivity (Wildman–Crippen MR) is 104 cm³/mol. The van der Waals surface area contributed by atoms with Crippen LogP contribution in [0.25, 0.3) is 0 Å². The minimum Gasteiger partial charge on any atom is -0.352 e. The lowest BCUT2D eigenvalue weighted by Gasteiger charge is -2.22. The summed E-state index contributed by atoms with van der Waals surface area (Å²) < 4.78 is 0. The first-order chi connectivity index (χ1) is 12.9. The minimum absolute atomic E-state index is 0.0259. The molecule has 3 N–H and O–H groups in total. The number of benzene rings is 1. The van der Waals surface area contributed by atoms with Gasteiger partial charge in [0.05, 0.1) is 6.42 Å². The van der Waals surface area contributed by atoms with E-state index in [0.29, 0.717) is 17.3 Å². The van der Waals surface area contributed by atoms with E-state index in [-0.39, 0.29) is 18.4 Å². The van der Waals surface area contributed by atoms with Gasteiger partial charge in [-0.3, -0.25) is 14.4 Å². The van der Waals surface area contributed by atoms with Crippen molar-refractivity contribution >= 4 is 35.0 Å². The van der Waals surface area contributed by atoms with Gasteiger partial charge in [-0.15, -0.1) is 0 Å². The van der Waals surface area contributed by atoms with Crippen molar-refractivity contribution in [3.8, 4) is 0 Å². The molecule has 0 saturated heterocycles. The summed E-state index contributed by atoms with van der Waals surface area (Å²) in [5.74, 6) is -1.74. The van der Waals surface area contributed by atoms with Crippen molar-refractivity contribution < 1.29 is 14.4 Å². The largest absolute Gasteiger partial charge is 0.352 e. The molecule has 8 heteroatoms. The van der Waals surface area contributed by atoms with Gasteiger partial charge in [0.15, 0.2) is 0 Å². The van der Waals surface area contributed by atoms with Crippen molar-refractivity contribution in [1.82, 2.24) is 16.1 Å². The standard InChI is InChI=1S/C19H25ClN4O3/c1-13(11-17(25)21-12-14-7-9-15(20)10-8-14)23-24-19(27)18(26)22-16-5-3-2-4-6-16/h7-10,16H,2-6,11-12H2,1H3,(H,21,25)(H,22,26)(H,24,27)/b23-13-. The molecule has 0 aliphatic heterocycles. The molecule has 0 atom stereocenters. The Morgan fingerprint density at radius 3 is 2.41 bits per heavy atom. The summed E-state index contributed by atoms with van der Waals surface area (Å²) in [6, 6.07) is 7.22. The van der Waals surface area contributed by atoms with Gasteiger partial charge < -0.3 is 10.6 Å². The number of carbonyl (C=O) groups is 3. The number of hydrazone groups is 1.